The summed E-state index contributed by atoms with van der Waals surface area (Å²) in [6, 6.07) is 4.59. The van der Waals surface area contributed by atoms with Crippen LogP contribution in [0.1, 0.15) is 28.8 Å². The lowest BCUT2D eigenvalue weighted by Gasteiger charge is -2.05. The van der Waals surface area contributed by atoms with E-state index in [1.807, 2.05) is 0 Å². The Labute approximate surface area is 92.4 Å². The van der Waals surface area contributed by atoms with E-state index < -0.39 is 5.82 Å². The smallest absolute Gasteiger partial charge is 0.254 e. The van der Waals surface area contributed by atoms with Crippen LogP contribution in [-0.4, -0.2) is 11.9 Å². The maximum absolute atomic E-state index is 13.3. The zero-order valence-electron chi connectivity index (χ0n) is 8.09. The molecular formula is C11H11ClFNO. The minimum Gasteiger partial charge on any atom is -0.349 e. The Hall–Kier alpha value is -1.09. The zero-order valence-corrected chi connectivity index (χ0v) is 8.85. The molecule has 1 aliphatic rings. The molecule has 0 bridgehead atoms. The summed E-state index contributed by atoms with van der Waals surface area (Å²) < 4.78 is 13.3. The van der Waals surface area contributed by atoms with E-state index in [2.05, 4.69) is 5.32 Å². The largest absolute Gasteiger partial charge is 0.349 e. The normalized spacial score (nSPS) is 15.1. The predicted octanol–water partition coefficient (Wildman–Crippen LogP) is 2.46. The highest BCUT2D eigenvalue weighted by Gasteiger charge is 2.25. The molecule has 1 amide bonds. The summed E-state index contributed by atoms with van der Waals surface area (Å²) in [5.41, 5.74) is 0.832. The lowest BCUT2D eigenvalue weighted by Crippen LogP contribution is -2.26. The minimum atomic E-state index is -0.498. The molecule has 0 aliphatic heterocycles. The van der Waals surface area contributed by atoms with Gasteiger partial charge in [-0.25, -0.2) is 4.39 Å². The highest BCUT2D eigenvalue weighted by molar-refractivity contribution is 6.17. The standard InChI is InChI=1S/C11H11ClFNO/c12-6-7-1-4-10(13)9(5-7)11(15)14-8-2-3-8/h1,4-5,8H,2-3,6H2,(H,14,15). The summed E-state index contributed by atoms with van der Waals surface area (Å²) in [7, 11) is 0. The summed E-state index contributed by atoms with van der Waals surface area (Å²) in [6.45, 7) is 0. The fraction of sp³-hybridized carbons (Fsp3) is 0.364. The number of hydrogen-bond acceptors (Lipinski definition) is 1. The third kappa shape index (κ3) is 2.48. The Balaban J connectivity index is 2.20. The van der Waals surface area contributed by atoms with Crippen molar-refractivity contribution < 1.29 is 9.18 Å². The number of rotatable bonds is 3. The molecule has 0 unspecified atom stereocenters. The van der Waals surface area contributed by atoms with E-state index in [0.29, 0.717) is 0 Å². The first-order valence-electron chi connectivity index (χ1n) is 4.86. The van der Waals surface area contributed by atoms with Crippen LogP contribution in [0.3, 0.4) is 0 Å². The van der Waals surface area contributed by atoms with E-state index in [1.165, 1.54) is 12.1 Å². The molecule has 1 N–H and O–H groups in total. The molecule has 80 valence electrons. The van der Waals surface area contributed by atoms with Gasteiger partial charge in [-0.1, -0.05) is 6.07 Å². The minimum absolute atomic E-state index is 0.0834. The zero-order chi connectivity index (χ0) is 10.8. The van der Waals surface area contributed by atoms with Crippen LogP contribution in [-0.2, 0) is 5.88 Å². The summed E-state index contributed by atoms with van der Waals surface area (Å²) >= 11 is 5.62. The van der Waals surface area contributed by atoms with Crippen LogP contribution in [0.4, 0.5) is 4.39 Å². The Bertz CT molecular complexity index is 390. The molecule has 4 heteroatoms. The molecule has 0 radical (unpaired) electrons. The number of halogens is 2. The molecule has 0 atom stereocenters. The van der Waals surface area contributed by atoms with Gasteiger partial charge in [-0.3, -0.25) is 4.79 Å². The number of nitrogens with one attached hydrogen (secondary N) is 1. The summed E-state index contributed by atoms with van der Waals surface area (Å²) in [5, 5.41) is 2.74. The van der Waals surface area contributed by atoms with Crippen molar-refractivity contribution in [1.29, 1.82) is 0 Å². The first-order valence-corrected chi connectivity index (χ1v) is 5.39. The van der Waals surface area contributed by atoms with Crippen molar-refractivity contribution in [2.24, 2.45) is 0 Å². The van der Waals surface area contributed by atoms with Gasteiger partial charge in [-0.2, -0.15) is 0 Å². The quantitative estimate of drug-likeness (QED) is 0.790. The third-order valence-corrected chi connectivity index (χ3v) is 2.65. The SMILES string of the molecule is O=C(NC1CC1)c1cc(CCl)ccc1F. The van der Waals surface area contributed by atoms with Gasteiger partial charge < -0.3 is 5.32 Å². The first kappa shape index (κ1) is 10.4. The number of carbonyl (C=O) groups is 1. The molecule has 1 saturated carbocycles. The Morgan fingerprint density at radius 2 is 2.27 bits per heavy atom. The number of amides is 1. The fourth-order valence-corrected chi connectivity index (χ4v) is 1.49. The van der Waals surface area contributed by atoms with E-state index in [1.54, 1.807) is 6.07 Å². The van der Waals surface area contributed by atoms with Gasteiger partial charge in [0.1, 0.15) is 5.82 Å². The van der Waals surface area contributed by atoms with Gasteiger partial charge in [0.25, 0.3) is 5.91 Å². The molecule has 0 heterocycles. The third-order valence-electron chi connectivity index (χ3n) is 2.34. The van der Waals surface area contributed by atoms with Crippen molar-refractivity contribution in [3.8, 4) is 0 Å². The highest BCUT2D eigenvalue weighted by atomic mass is 35.5. The van der Waals surface area contributed by atoms with E-state index in [-0.39, 0.29) is 23.4 Å². The van der Waals surface area contributed by atoms with Crippen molar-refractivity contribution in [3.05, 3.63) is 35.1 Å². The number of benzene rings is 1. The van der Waals surface area contributed by atoms with E-state index in [9.17, 15) is 9.18 Å². The first-order chi connectivity index (χ1) is 7.20. The molecule has 0 aromatic heterocycles. The average Bonchev–Trinajstić information content (AvgIpc) is 3.02. The number of carbonyl (C=O) groups excluding carboxylic acids is 1. The van der Waals surface area contributed by atoms with Gasteiger partial charge in [-0.15, -0.1) is 11.6 Å². The van der Waals surface area contributed by atoms with Gasteiger partial charge in [-0.05, 0) is 30.5 Å². The van der Waals surface area contributed by atoms with Crippen molar-refractivity contribution in [2.75, 3.05) is 0 Å². The van der Waals surface area contributed by atoms with Crippen molar-refractivity contribution in [2.45, 2.75) is 24.8 Å². The molecule has 1 fully saturated rings. The lowest BCUT2D eigenvalue weighted by atomic mass is 10.1. The molecule has 0 saturated heterocycles. The Kier molecular flexibility index (Phi) is 2.91. The second-order valence-corrected chi connectivity index (χ2v) is 3.96. The molecule has 15 heavy (non-hydrogen) atoms. The van der Waals surface area contributed by atoms with E-state index in [0.717, 1.165) is 18.4 Å². The molecule has 1 aliphatic carbocycles. The average molecular weight is 228 g/mol. The second-order valence-electron chi connectivity index (χ2n) is 3.70. The van der Waals surface area contributed by atoms with Crippen molar-refractivity contribution >= 4 is 17.5 Å². The van der Waals surface area contributed by atoms with Crippen LogP contribution in [0, 0.1) is 5.82 Å². The Morgan fingerprint density at radius 1 is 1.53 bits per heavy atom. The lowest BCUT2D eigenvalue weighted by molar-refractivity contribution is 0.0947. The molecule has 1 aromatic rings. The van der Waals surface area contributed by atoms with Gasteiger partial charge in [0, 0.05) is 11.9 Å². The van der Waals surface area contributed by atoms with Gasteiger partial charge in [0.05, 0.1) is 5.56 Å². The van der Waals surface area contributed by atoms with E-state index in [4.69, 9.17) is 11.6 Å². The number of alkyl halides is 1. The van der Waals surface area contributed by atoms with Crippen molar-refractivity contribution in [3.63, 3.8) is 0 Å². The monoisotopic (exact) mass is 227 g/mol. The summed E-state index contributed by atoms with van der Waals surface area (Å²) in [4.78, 5) is 11.6. The van der Waals surface area contributed by atoms with Gasteiger partial charge in [0.15, 0.2) is 0 Å². The van der Waals surface area contributed by atoms with Crippen LogP contribution >= 0.6 is 11.6 Å². The van der Waals surface area contributed by atoms with E-state index >= 15 is 0 Å². The maximum Gasteiger partial charge on any atom is 0.254 e. The van der Waals surface area contributed by atoms with Crippen LogP contribution < -0.4 is 5.32 Å². The van der Waals surface area contributed by atoms with Crippen LogP contribution in [0.15, 0.2) is 18.2 Å². The molecule has 2 rings (SSSR count). The van der Waals surface area contributed by atoms with Crippen LogP contribution in [0.25, 0.3) is 0 Å². The maximum atomic E-state index is 13.3. The molecule has 0 spiro atoms. The molecule has 2 nitrogen and oxygen atoms in total. The topological polar surface area (TPSA) is 29.1 Å². The molecular weight excluding hydrogens is 217 g/mol. The van der Waals surface area contributed by atoms with Crippen LogP contribution in [0.5, 0.6) is 0 Å². The van der Waals surface area contributed by atoms with Gasteiger partial charge >= 0.3 is 0 Å². The fourth-order valence-electron chi connectivity index (χ4n) is 1.32. The molecule has 1 aromatic carbocycles. The Morgan fingerprint density at radius 3 is 2.87 bits per heavy atom. The van der Waals surface area contributed by atoms with Gasteiger partial charge in [0.2, 0.25) is 0 Å². The van der Waals surface area contributed by atoms with Crippen LogP contribution in [0.2, 0.25) is 0 Å². The van der Waals surface area contributed by atoms with Crippen molar-refractivity contribution in [1.82, 2.24) is 5.32 Å². The summed E-state index contributed by atoms with van der Waals surface area (Å²) in [6.07, 6.45) is 1.98. The second kappa shape index (κ2) is 4.19. The predicted molar refractivity (Wildman–Crippen MR) is 56.4 cm³/mol. The summed E-state index contributed by atoms with van der Waals surface area (Å²) in [5.74, 6) is -0.562. The number of hydrogen-bond donors (Lipinski definition) is 1. The highest BCUT2D eigenvalue weighted by Crippen LogP contribution is 2.20.